The van der Waals surface area contributed by atoms with Crippen molar-refractivity contribution < 1.29 is 14.4 Å². The number of fused-ring (bicyclic) bond motifs is 1. The van der Waals surface area contributed by atoms with Crippen LogP contribution in [0.2, 0.25) is 0 Å². The van der Waals surface area contributed by atoms with Crippen LogP contribution in [0.4, 0.5) is 16.2 Å². The normalized spacial score (nSPS) is 12.7. The number of carbonyl (C=O) groups excluding carboxylic acids is 3. The summed E-state index contributed by atoms with van der Waals surface area (Å²) in [5.74, 6) is -0.588. The summed E-state index contributed by atoms with van der Waals surface area (Å²) in [4.78, 5) is 36.7. The molecule has 1 aliphatic rings. The van der Waals surface area contributed by atoms with Crippen LogP contribution in [-0.4, -0.2) is 29.3 Å². The molecule has 4 amide bonds. The quantitative estimate of drug-likeness (QED) is 0.797. The van der Waals surface area contributed by atoms with Crippen LogP contribution in [0.25, 0.3) is 5.70 Å². The lowest BCUT2D eigenvalue weighted by Gasteiger charge is -2.17. The molecule has 0 saturated heterocycles. The van der Waals surface area contributed by atoms with Gasteiger partial charge >= 0.3 is 6.03 Å². The van der Waals surface area contributed by atoms with E-state index in [2.05, 4.69) is 17.2 Å². The predicted molar refractivity (Wildman–Crippen MR) is 94.8 cm³/mol. The van der Waals surface area contributed by atoms with Gasteiger partial charge in [0.05, 0.1) is 0 Å². The molecule has 0 fully saturated rings. The van der Waals surface area contributed by atoms with Crippen molar-refractivity contribution in [3.8, 4) is 0 Å². The van der Waals surface area contributed by atoms with E-state index in [0.717, 1.165) is 5.56 Å². The third-order valence-corrected chi connectivity index (χ3v) is 3.78. The van der Waals surface area contributed by atoms with Gasteiger partial charge in [-0.25, -0.2) is 4.79 Å². The van der Waals surface area contributed by atoms with E-state index in [1.54, 1.807) is 42.5 Å². The van der Waals surface area contributed by atoms with Crippen molar-refractivity contribution in [1.29, 1.82) is 0 Å². The van der Waals surface area contributed by atoms with Crippen molar-refractivity contribution in [3.63, 3.8) is 0 Å². The van der Waals surface area contributed by atoms with E-state index < -0.39 is 6.03 Å². The van der Waals surface area contributed by atoms with E-state index in [-0.39, 0.29) is 18.4 Å². The van der Waals surface area contributed by atoms with Gasteiger partial charge in [0.15, 0.2) is 0 Å². The number of carbonyl (C=O) groups is 3. The van der Waals surface area contributed by atoms with E-state index in [0.29, 0.717) is 22.6 Å². The molecule has 0 unspecified atom stereocenters. The first-order valence-corrected chi connectivity index (χ1v) is 7.52. The molecule has 25 heavy (non-hydrogen) atoms. The Hall–Kier alpha value is -3.61. The van der Waals surface area contributed by atoms with Gasteiger partial charge in [-0.15, -0.1) is 0 Å². The van der Waals surface area contributed by atoms with Gasteiger partial charge in [0, 0.05) is 28.2 Å². The zero-order valence-electron chi connectivity index (χ0n) is 13.3. The maximum atomic E-state index is 12.4. The molecule has 1 heterocycles. The molecule has 1 aliphatic heterocycles. The van der Waals surface area contributed by atoms with Gasteiger partial charge in [-0.05, 0) is 30.3 Å². The molecule has 2 aromatic rings. The molecular weight excluding hydrogens is 320 g/mol. The minimum Gasteiger partial charge on any atom is -0.351 e. The van der Waals surface area contributed by atoms with Gasteiger partial charge in [-0.3, -0.25) is 14.5 Å². The Balaban J connectivity index is 1.65. The summed E-state index contributed by atoms with van der Waals surface area (Å²) in [5.41, 5.74) is 7.88. The summed E-state index contributed by atoms with van der Waals surface area (Å²) in [6.07, 6.45) is 0. The van der Waals surface area contributed by atoms with E-state index in [1.165, 1.54) is 4.90 Å². The third-order valence-electron chi connectivity index (χ3n) is 3.78. The van der Waals surface area contributed by atoms with Crippen molar-refractivity contribution >= 4 is 34.9 Å². The van der Waals surface area contributed by atoms with Crippen LogP contribution < -0.4 is 16.4 Å². The second-order valence-corrected chi connectivity index (χ2v) is 5.50. The highest BCUT2D eigenvalue weighted by Crippen LogP contribution is 2.30. The minimum atomic E-state index is -0.664. The maximum absolute atomic E-state index is 12.4. The first kappa shape index (κ1) is 16.3. The first-order valence-electron chi connectivity index (χ1n) is 7.52. The lowest BCUT2D eigenvalue weighted by Crippen LogP contribution is -2.32. The number of nitrogens with zero attached hydrogens (tertiary/aromatic N) is 1. The van der Waals surface area contributed by atoms with Gasteiger partial charge in [-0.1, -0.05) is 24.8 Å². The highest BCUT2D eigenvalue weighted by Gasteiger charge is 2.31. The second kappa shape index (κ2) is 6.48. The molecule has 0 saturated carbocycles. The molecule has 0 bridgehead atoms. The number of hydrogen-bond acceptors (Lipinski definition) is 3. The van der Waals surface area contributed by atoms with E-state index in [9.17, 15) is 14.4 Å². The monoisotopic (exact) mass is 336 g/mol. The summed E-state index contributed by atoms with van der Waals surface area (Å²) in [6.45, 7) is 3.77. The fraction of sp³-hybridized carbons (Fsp3) is 0.0556. The van der Waals surface area contributed by atoms with Crippen LogP contribution in [0.5, 0.6) is 0 Å². The summed E-state index contributed by atoms with van der Waals surface area (Å²) in [7, 11) is 0. The Labute approximate surface area is 144 Å². The largest absolute Gasteiger partial charge is 0.351 e. The number of urea groups is 1. The number of amides is 4. The van der Waals surface area contributed by atoms with Crippen molar-refractivity contribution in [2.45, 2.75) is 0 Å². The Kier molecular flexibility index (Phi) is 4.21. The zero-order chi connectivity index (χ0) is 18.0. The second-order valence-electron chi connectivity index (χ2n) is 5.50. The Bertz CT molecular complexity index is 839. The number of nitrogens with one attached hydrogen (secondary N) is 2. The van der Waals surface area contributed by atoms with Crippen LogP contribution in [0, 0.1) is 0 Å². The van der Waals surface area contributed by atoms with Gasteiger partial charge in [0.25, 0.3) is 5.91 Å². The lowest BCUT2D eigenvalue weighted by atomic mass is 10.1. The predicted octanol–water partition coefficient (Wildman–Crippen LogP) is 2.24. The van der Waals surface area contributed by atoms with Crippen molar-refractivity contribution in [2.75, 3.05) is 17.2 Å². The topological polar surface area (TPSA) is 105 Å². The van der Waals surface area contributed by atoms with Gasteiger partial charge in [0.2, 0.25) is 5.91 Å². The molecule has 0 atom stereocenters. The number of rotatable bonds is 4. The smallest absolute Gasteiger partial charge is 0.316 e. The molecule has 3 rings (SSSR count). The van der Waals surface area contributed by atoms with Gasteiger partial charge < -0.3 is 16.4 Å². The standard InChI is InChI=1S/C18H16N4O3/c1-11-14-4-2-3-5-15(14)17(24)22(11)10-16(23)20-12-6-8-13(9-7-12)21-18(19)25/h2-9H,1,10H2,(H,20,23)(H3,19,21,25). The molecule has 4 N–H and O–H groups in total. The first-order chi connectivity index (χ1) is 12.0. The Morgan fingerprint density at radius 3 is 2.08 bits per heavy atom. The van der Waals surface area contributed by atoms with E-state index in [4.69, 9.17) is 5.73 Å². The fourth-order valence-corrected chi connectivity index (χ4v) is 2.63. The summed E-state index contributed by atoms with van der Waals surface area (Å²) < 4.78 is 0. The number of nitrogens with two attached hydrogens (primary N) is 1. The van der Waals surface area contributed by atoms with E-state index >= 15 is 0 Å². The van der Waals surface area contributed by atoms with Crippen molar-refractivity contribution in [2.24, 2.45) is 5.73 Å². The lowest BCUT2D eigenvalue weighted by molar-refractivity contribution is -0.116. The van der Waals surface area contributed by atoms with Crippen LogP contribution in [-0.2, 0) is 4.79 Å². The highest BCUT2D eigenvalue weighted by molar-refractivity contribution is 6.11. The minimum absolute atomic E-state index is 0.131. The van der Waals surface area contributed by atoms with Gasteiger partial charge in [-0.2, -0.15) is 0 Å². The summed E-state index contributed by atoms with van der Waals surface area (Å²) in [5, 5.41) is 5.13. The summed E-state index contributed by atoms with van der Waals surface area (Å²) >= 11 is 0. The number of hydrogen-bond donors (Lipinski definition) is 3. The average molecular weight is 336 g/mol. The average Bonchev–Trinajstić information content (AvgIpc) is 2.82. The molecule has 7 heteroatoms. The van der Waals surface area contributed by atoms with Crippen LogP contribution >= 0.6 is 0 Å². The SMILES string of the molecule is C=C1c2ccccc2C(=O)N1CC(=O)Nc1ccc(NC(N)=O)cc1. The zero-order valence-corrected chi connectivity index (χ0v) is 13.3. The maximum Gasteiger partial charge on any atom is 0.316 e. The number of anilines is 2. The summed E-state index contributed by atoms with van der Waals surface area (Å²) in [6, 6.07) is 12.9. The molecule has 7 nitrogen and oxygen atoms in total. The molecule has 0 aliphatic carbocycles. The van der Waals surface area contributed by atoms with Crippen LogP contribution in [0.3, 0.4) is 0 Å². The van der Waals surface area contributed by atoms with E-state index in [1.807, 2.05) is 6.07 Å². The Morgan fingerprint density at radius 1 is 0.960 bits per heavy atom. The van der Waals surface area contributed by atoms with Crippen LogP contribution in [0.15, 0.2) is 55.1 Å². The van der Waals surface area contributed by atoms with Gasteiger partial charge in [0.1, 0.15) is 6.54 Å². The van der Waals surface area contributed by atoms with Crippen molar-refractivity contribution in [3.05, 3.63) is 66.2 Å². The molecule has 126 valence electrons. The molecular formula is C18H16N4O3. The fourth-order valence-electron chi connectivity index (χ4n) is 2.63. The number of benzene rings is 2. The number of primary amides is 1. The molecule has 2 aromatic carbocycles. The molecule has 0 aromatic heterocycles. The Morgan fingerprint density at radius 2 is 1.52 bits per heavy atom. The highest BCUT2D eigenvalue weighted by atomic mass is 16.2. The van der Waals surface area contributed by atoms with Crippen molar-refractivity contribution in [1.82, 2.24) is 4.90 Å². The third kappa shape index (κ3) is 3.35. The molecule has 0 spiro atoms. The molecule has 0 radical (unpaired) electrons. The van der Waals surface area contributed by atoms with Crippen LogP contribution in [0.1, 0.15) is 15.9 Å².